The molecule has 0 saturated heterocycles. The molecule has 0 bridgehead atoms. The van der Waals surface area contributed by atoms with E-state index in [1.165, 1.54) is 15.3 Å². The van der Waals surface area contributed by atoms with Crippen LogP contribution in [0.4, 0.5) is 0 Å². The standard InChI is InChI=1S/C12H16N2S/c1-9-8-12(11(3)15-9)10(2)13-14-6-4-5-7-14/h4-8,10,13H,1-3H3. The Morgan fingerprint density at radius 3 is 2.47 bits per heavy atom. The smallest absolute Gasteiger partial charge is 0.0656 e. The van der Waals surface area contributed by atoms with E-state index < -0.39 is 0 Å². The Morgan fingerprint density at radius 1 is 1.27 bits per heavy atom. The minimum Gasteiger partial charge on any atom is -0.319 e. The van der Waals surface area contributed by atoms with Crippen molar-refractivity contribution in [1.29, 1.82) is 0 Å². The van der Waals surface area contributed by atoms with Crippen molar-refractivity contribution >= 4 is 11.3 Å². The summed E-state index contributed by atoms with van der Waals surface area (Å²) >= 11 is 1.86. The lowest BCUT2D eigenvalue weighted by atomic mass is 10.1. The van der Waals surface area contributed by atoms with Gasteiger partial charge in [0.2, 0.25) is 0 Å². The van der Waals surface area contributed by atoms with Crippen molar-refractivity contribution < 1.29 is 0 Å². The van der Waals surface area contributed by atoms with Crippen LogP contribution in [0.15, 0.2) is 30.6 Å². The van der Waals surface area contributed by atoms with Crippen molar-refractivity contribution in [3.63, 3.8) is 0 Å². The molecule has 0 saturated carbocycles. The third kappa shape index (κ3) is 2.23. The van der Waals surface area contributed by atoms with Gasteiger partial charge in [-0.2, -0.15) is 0 Å². The Bertz CT molecular complexity index is 428. The van der Waals surface area contributed by atoms with Gasteiger partial charge in [0.15, 0.2) is 0 Å². The summed E-state index contributed by atoms with van der Waals surface area (Å²) in [4.78, 5) is 2.78. The molecule has 1 unspecified atom stereocenters. The molecule has 0 aromatic carbocycles. The Balaban J connectivity index is 2.14. The van der Waals surface area contributed by atoms with Gasteiger partial charge in [0, 0.05) is 22.1 Å². The zero-order chi connectivity index (χ0) is 10.8. The minimum absolute atomic E-state index is 0.349. The average molecular weight is 220 g/mol. The van der Waals surface area contributed by atoms with Gasteiger partial charge in [0.05, 0.1) is 6.04 Å². The largest absolute Gasteiger partial charge is 0.319 e. The van der Waals surface area contributed by atoms with Crippen molar-refractivity contribution in [2.24, 2.45) is 0 Å². The molecule has 1 atom stereocenters. The molecule has 2 nitrogen and oxygen atoms in total. The highest BCUT2D eigenvalue weighted by molar-refractivity contribution is 7.12. The van der Waals surface area contributed by atoms with E-state index >= 15 is 0 Å². The minimum atomic E-state index is 0.349. The van der Waals surface area contributed by atoms with E-state index in [0.717, 1.165) is 0 Å². The molecular formula is C12H16N2S. The fraction of sp³-hybridized carbons (Fsp3) is 0.333. The fourth-order valence-electron chi connectivity index (χ4n) is 1.79. The molecule has 2 aromatic rings. The molecule has 0 spiro atoms. The summed E-state index contributed by atoms with van der Waals surface area (Å²) in [6.45, 7) is 6.53. The van der Waals surface area contributed by atoms with Crippen LogP contribution in [-0.4, -0.2) is 4.68 Å². The van der Waals surface area contributed by atoms with Gasteiger partial charge < -0.3 is 5.43 Å². The molecular weight excluding hydrogens is 204 g/mol. The van der Waals surface area contributed by atoms with Crippen LogP contribution >= 0.6 is 11.3 Å². The highest BCUT2D eigenvalue weighted by atomic mass is 32.1. The quantitative estimate of drug-likeness (QED) is 0.838. The van der Waals surface area contributed by atoms with Crippen molar-refractivity contribution in [2.75, 3.05) is 5.43 Å². The molecule has 0 amide bonds. The highest BCUT2D eigenvalue weighted by Gasteiger charge is 2.10. The van der Waals surface area contributed by atoms with Crippen molar-refractivity contribution in [1.82, 2.24) is 4.68 Å². The normalized spacial score (nSPS) is 12.7. The number of hydrogen-bond acceptors (Lipinski definition) is 2. The predicted molar refractivity (Wildman–Crippen MR) is 66.0 cm³/mol. The Morgan fingerprint density at radius 2 is 1.93 bits per heavy atom. The topological polar surface area (TPSA) is 17.0 Å². The van der Waals surface area contributed by atoms with Gasteiger partial charge in [-0.05, 0) is 44.5 Å². The SMILES string of the molecule is Cc1cc(C(C)Nn2cccc2)c(C)s1. The van der Waals surface area contributed by atoms with Crippen LogP contribution in [0.25, 0.3) is 0 Å². The van der Waals surface area contributed by atoms with E-state index in [9.17, 15) is 0 Å². The van der Waals surface area contributed by atoms with E-state index in [0.29, 0.717) is 6.04 Å². The van der Waals surface area contributed by atoms with Gasteiger partial charge in [0.1, 0.15) is 0 Å². The summed E-state index contributed by atoms with van der Waals surface area (Å²) in [6.07, 6.45) is 4.04. The summed E-state index contributed by atoms with van der Waals surface area (Å²) in [5.41, 5.74) is 4.81. The lowest BCUT2D eigenvalue weighted by Gasteiger charge is -2.16. The van der Waals surface area contributed by atoms with Gasteiger partial charge in [-0.25, -0.2) is 0 Å². The number of nitrogens with one attached hydrogen (secondary N) is 1. The zero-order valence-electron chi connectivity index (χ0n) is 9.32. The second kappa shape index (κ2) is 4.11. The summed E-state index contributed by atoms with van der Waals surface area (Å²) in [7, 11) is 0. The summed E-state index contributed by atoms with van der Waals surface area (Å²) in [5, 5.41) is 0. The molecule has 80 valence electrons. The van der Waals surface area contributed by atoms with Gasteiger partial charge in [0.25, 0.3) is 0 Å². The maximum Gasteiger partial charge on any atom is 0.0656 e. The molecule has 2 aromatic heterocycles. The van der Waals surface area contributed by atoms with Crippen molar-refractivity contribution in [2.45, 2.75) is 26.8 Å². The molecule has 0 fully saturated rings. The Hall–Kier alpha value is -1.22. The molecule has 3 heteroatoms. The van der Waals surface area contributed by atoms with Gasteiger partial charge in [-0.3, -0.25) is 4.68 Å². The first-order chi connectivity index (χ1) is 7.16. The molecule has 0 aliphatic heterocycles. The molecule has 0 aliphatic carbocycles. The number of hydrogen-bond donors (Lipinski definition) is 1. The van der Waals surface area contributed by atoms with Crippen molar-refractivity contribution in [3.8, 4) is 0 Å². The number of thiophene rings is 1. The summed E-state index contributed by atoms with van der Waals surface area (Å²) < 4.78 is 2.00. The molecule has 2 rings (SSSR count). The van der Waals surface area contributed by atoms with Crippen LogP contribution in [0.2, 0.25) is 0 Å². The summed E-state index contributed by atoms with van der Waals surface area (Å²) in [6, 6.07) is 6.65. The lowest BCUT2D eigenvalue weighted by Crippen LogP contribution is -2.16. The number of aromatic nitrogens is 1. The fourth-order valence-corrected chi connectivity index (χ4v) is 2.82. The molecule has 0 radical (unpaired) electrons. The third-order valence-electron chi connectivity index (χ3n) is 2.49. The van der Waals surface area contributed by atoms with E-state index in [1.807, 2.05) is 40.5 Å². The van der Waals surface area contributed by atoms with E-state index in [-0.39, 0.29) is 0 Å². The van der Waals surface area contributed by atoms with Gasteiger partial charge in [-0.15, -0.1) is 11.3 Å². The van der Waals surface area contributed by atoms with Crippen LogP contribution in [0.1, 0.15) is 28.3 Å². The molecule has 1 N–H and O–H groups in total. The first-order valence-corrected chi connectivity index (χ1v) is 5.95. The Kier molecular flexibility index (Phi) is 2.82. The maximum absolute atomic E-state index is 3.42. The second-order valence-electron chi connectivity index (χ2n) is 3.81. The highest BCUT2D eigenvalue weighted by Crippen LogP contribution is 2.26. The van der Waals surface area contributed by atoms with Gasteiger partial charge in [-0.1, -0.05) is 0 Å². The van der Waals surface area contributed by atoms with Crippen LogP contribution in [0, 0.1) is 13.8 Å². The molecule has 15 heavy (non-hydrogen) atoms. The van der Waals surface area contributed by atoms with E-state index in [4.69, 9.17) is 0 Å². The number of nitrogens with zero attached hydrogens (tertiary/aromatic N) is 1. The molecule has 0 aliphatic rings. The third-order valence-corrected chi connectivity index (χ3v) is 3.47. The van der Waals surface area contributed by atoms with Crippen molar-refractivity contribution in [3.05, 3.63) is 45.9 Å². The van der Waals surface area contributed by atoms with Gasteiger partial charge >= 0.3 is 0 Å². The second-order valence-corrected chi connectivity index (χ2v) is 5.27. The van der Waals surface area contributed by atoms with E-state index in [2.05, 4.69) is 32.3 Å². The zero-order valence-corrected chi connectivity index (χ0v) is 10.1. The first-order valence-electron chi connectivity index (χ1n) is 5.13. The molecule has 2 heterocycles. The van der Waals surface area contributed by atoms with Crippen LogP contribution < -0.4 is 5.43 Å². The van der Waals surface area contributed by atoms with Crippen LogP contribution in [0.5, 0.6) is 0 Å². The predicted octanol–water partition coefficient (Wildman–Crippen LogP) is 3.47. The first kappa shape index (κ1) is 10.3. The Labute approximate surface area is 94.5 Å². The van der Waals surface area contributed by atoms with Crippen LogP contribution in [-0.2, 0) is 0 Å². The maximum atomic E-state index is 3.42. The monoisotopic (exact) mass is 220 g/mol. The number of aryl methyl sites for hydroxylation is 2. The number of rotatable bonds is 3. The van der Waals surface area contributed by atoms with Crippen LogP contribution in [0.3, 0.4) is 0 Å². The average Bonchev–Trinajstić information content (AvgIpc) is 2.75. The lowest BCUT2D eigenvalue weighted by molar-refractivity contribution is 0.727. The summed E-state index contributed by atoms with van der Waals surface area (Å²) in [5.74, 6) is 0. The van der Waals surface area contributed by atoms with E-state index in [1.54, 1.807) is 0 Å².